The number of nitrogens with one attached hydrogen (secondary N) is 1. The normalized spacial score (nSPS) is 13.2. The summed E-state index contributed by atoms with van der Waals surface area (Å²) in [7, 11) is 0. The monoisotopic (exact) mass is 349 g/mol. The first-order valence-corrected chi connectivity index (χ1v) is 8.07. The van der Waals surface area contributed by atoms with Crippen molar-refractivity contribution < 1.29 is 23.0 Å². The molecular weight excluding hydrogens is 328 g/mol. The Morgan fingerprint density at radius 2 is 1.68 bits per heavy atom. The van der Waals surface area contributed by atoms with Gasteiger partial charge in [0, 0.05) is 5.56 Å². The molecule has 0 bridgehead atoms. The molecule has 2 aromatic carbocycles. The van der Waals surface area contributed by atoms with Crippen LogP contribution in [0, 0.1) is 0 Å². The van der Waals surface area contributed by atoms with Gasteiger partial charge in [-0.05, 0) is 31.5 Å². The van der Waals surface area contributed by atoms with Crippen molar-refractivity contribution in [3.05, 3.63) is 60.2 Å². The Morgan fingerprint density at radius 3 is 2.32 bits per heavy atom. The third-order valence-electron chi connectivity index (χ3n) is 3.66. The molecule has 2 atom stereocenters. The van der Waals surface area contributed by atoms with Crippen molar-refractivity contribution in [2.45, 2.75) is 39.0 Å². The fraction of sp³-hybridized carbons (Fsp3) is 0.316. The lowest BCUT2D eigenvalue weighted by Crippen LogP contribution is -2.38. The van der Waals surface area contributed by atoms with Gasteiger partial charge in [-0.1, -0.05) is 43.3 Å². The van der Waals surface area contributed by atoms with E-state index in [2.05, 4.69) is 10.1 Å². The van der Waals surface area contributed by atoms with E-state index in [4.69, 9.17) is 4.74 Å². The highest BCUT2D eigenvalue weighted by Gasteiger charge is 2.22. The number of benzene rings is 2. The fourth-order valence-electron chi connectivity index (χ4n) is 2.42. The third-order valence-corrected chi connectivity index (χ3v) is 3.66. The number of rotatable bonds is 8. The molecule has 1 amide bonds. The van der Waals surface area contributed by atoms with E-state index in [1.54, 1.807) is 37.3 Å². The van der Waals surface area contributed by atoms with Crippen LogP contribution < -0.4 is 14.8 Å². The molecule has 2 rings (SSSR count). The molecule has 6 heteroatoms. The maximum absolute atomic E-state index is 12.6. The van der Waals surface area contributed by atoms with Crippen molar-refractivity contribution in [3.63, 3.8) is 0 Å². The highest BCUT2D eigenvalue weighted by Crippen LogP contribution is 2.28. The summed E-state index contributed by atoms with van der Waals surface area (Å²) in [6.45, 7) is 0.568. The number of hydrogen-bond donors (Lipinski definition) is 1. The summed E-state index contributed by atoms with van der Waals surface area (Å²) in [5, 5.41) is 2.83. The zero-order valence-corrected chi connectivity index (χ0v) is 14.1. The van der Waals surface area contributed by atoms with Crippen LogP contribution in [0.3, 0.4) is 0 Å². The molecule has 0 aliphatic rings. The van der Waals surface area contributed by atoms with Gasteiger partial charge in [-0.25, -0.2) is 0 Å². The molecule has 134 valence electrons. The Bertz CT molecular complexity index is 679. The number of hydrogen-bond acceptors (Lipinski definition) is 3. The second kappa shape index (κ2) is 9.01. The Kier molecular flexibility index (Phi) is 6.74. The van der Waals surface area contributed by atoms with Gasteiger partial charge in [0.05, 0.1) is 6.04 Å². The predicted molar refractivity (Wildman–Crippen MR) is 90.8 cm³/mol. The second-order valence-electron chi connectivity index (χ2n) is 5.46. The molecule has 0 radical (unpaired) electrons. The van der Waals surface area contributed by atoms with E-state index in [1.165, 1.54) is 6.07 Å². The number of amides is 1. The lowest BCUT2D eigenvalue weighted by atomic mass is 10.0. The molecule has 0 saturated carbocycles. The van der Waals surface area contributed by atoms with Gasteiger partial charge in [0.25, 0.3) is 5.91 Å². The quantitative estimate of drug-likeness (QED) is 0.772. The summed E-state index contributed by atoms with van der Waals surface area (Å²) in [4.78, 5) is 12.4. The van der Waals surface area contributed by atoms with Crippen LogP contribution in [0.2, 0.25) is 0 Å². The molecule has 4 nitrogen and oxygen atoms in total. The summed E-state index contributed by atoms with van der Waals surface area (Å²) < 4.78 is 35.3. The molecule has 25 heavy (non-hydrogen) atoms. The fourth-order valence-corrected chi connectivity index (χ4v) is 2.42. The van der Waals surface area contributed by atoms with Crippen molar-refractivity contribution in [3.8, 4) is 11.5 Å². The molecule has 0 unspecified atom stereocenters. The first kappa shape index (κ1) is 18.7. The summed E-state index contributed by atoms with van der Waals surface area (Å²) in [6.07, 6.45) is -0.201. The van der Waals surface area contributed by atoms with Crippen molar-refractivity contribution in [1.82, 2.24) is 5.32 Å². The summed E-state index contributed by atoms with van der Waals surface area (Å²) in [6, 6.07) is 15.0. The lowest BCUT2D eigenvalue weighted by Gasteiger charge is -2.22. The molecular formula is C19H21F2NO3. The predicted octanol–water partition coefficient (Wildman–Crippen LogP) is 4.32. The molecule has 1 N–H and O–H groups in total. The van der Waals surface area contributed by atoms with E-state index < -0.39 is 18.8 Å². The van der Waals surface area contributed by atoms with Crippen LogP contribution in [0.25, 0.3) is 0 Å². The SMILES string of the molecule is CC[C@H](NC(=O)[C@@H](C)Oc1ccccc1)c1ccccc1OC(F)F. The van der Waals surface area contributed by atoms with Gasteiger partial charge in [-0.15, -0.1) is 0 Å². The Morgan fingerprint density at radius 1 is 1.04 bits per heavy atom. The smallest absolute Gasteiger partial charge is 0.387 e. The largest absolute Gasteiger partial charge is 0.481 e. The number of halogens is 2. The van der Waals surface area contributed by atoms with E-state index >= 15 is 0 Å². The summed E-state index contributed by atoms with van der Waals surface area (Å²) in [5.74, 6) is 0.309. The average molecular weight is 349 g/mol. The zero-order valence-electron chi connectivity index (χ0n) is 14.1. The molecule has 0 spiro atoms. The van der Waals surface area contributed by atoms with Gasteiger partial charge in [0.2, 0.25) is 0 Å². The Labute approximate surface area is 145 Å². The van der Waals surface area contributed by atoms with Crippen LogP contribution in [0.1, 0.15) is 31.9 Å². The Balaban J connectivity index is 2.07. The second-order valence-corrected chi connectivity index (χ2v) is 5.46. The van der Waals surface area contributed by atoms with Crippen molar-refractivity contribution in [2.24, 2.45) is 0 Å². The van der Waals surface area contributed by atoms with Gasteiger partial charge in [-0.3, -0.25) is 4.79 Å². The number of ether oxygens (including phenoxy) is 2. The maximum Gasteiger partial charge on any atom is 0.387 e. The van der Waals surface area contributed by atoms with Crippen LogP contribution in [0.4, 0.5) is 8.78 Å². The van der Waals surface area contributed by atoms with Gasteiger partial charge < -0.3 is 14.8 Å². The molecule has 0 aromatic heterocycles. The first-order chi connectivity index (χ1) is 12.0. The number of alkyl halides is 2. The van der Waals surface area contributed by atoms with Crippen molar-refractivity contribution in [1.29, 1.82) is 0 Å². The van der Waals surface area contributed by atoms with Gasteiger partial charge in [0.15, 0.2) is 6.10 Å². The van der Waals surface area contributed by atoms with Gasteiger partial charge >= 0.3 is 6.61 Å². The highest BCUT2D eigenvalue weighted by atomic mass is 19.3. The Hall–Kier alpha value is -2.63. The minimum absolute atomic E-state index is 0.0567. The van der Waals surface area contributed by atoms with E-state index in [-0.39, 0.29) is 11.7 Å². The number of carbonyl (C=O) groups is 1. The standard InChI is InChI=1S/C19H21F2NO3/c1-3-16(15-11-7-8-12-17(15)25-19(20)21)22-18(23)13(2)24-14-9-5-4-6-10-14/h4-13,16,19H,3H2,1-2H3,(H,22,23)/t13-,16+/m1/s1. The number of para-hydroxylation sites is 2. The topological polar surface area (TPSA) is 47.6 Å². The maximum atomic E-state index is 12.6. The minimum atomic E-state index is -2.92. The molecule has 0 heterocycles. The lowest BCUT2D eigenvalue weighted by molar-refractivity contribution is -0.128. The summed E-state index contributed by atoms with van der Waals surface area (Å²) >= 11 is 0. The molecule has 0 aliphatic carbocycles. The highest BCUT2D eigenvalue weighted by molar-refractivity contribution is 5.81. The van der Waals surface area contributed by atoms with Crippen LogP contribution in [-0.4, -0.2) is 18.6 Å². The third kappa shape index (κ3) is 5.45. The van der Waals surface area contributed by atoms with E-state index in [0.29, 0.717) is 17.7 Å². The van der Waals surface area contributed by atoms with Crippen molar-refractivity contribution in [2.75, 3.05) is 0 Å². The zero-order chi connectivity index (χ0) is 18.2. The van der Waals surface area contributed by atoms with Gasteiger partial charge in [-0.2, -0.15) is 8.78 Å². The van der Waals surface area contributed by atoms with Crippen molar-refractivity contribution >= 4 is 5.91 Å². The van der Waals surface area contributed by atoms with E-state index in [0.717, 1.165) is 0 Å². The minimum Gasteiger partial charge on any atom is -0.481 e. The van der Waals surface area contributed by atoms with Crippen LogP contribution in [0.15, 0.2) is 54.6 Å². The van der Waals surface area contributed by atoms with Gasteiger partial charge in [0.1, 0.15) is 11.5 Å². The molecule has 2 aromatic rings. The number of carbonyl (C=O) groups excluding carboxylic acids is 1. The first-order valence-electron chi connectivity index (χ1n) is 8.07. The van der Waals surface area contributed by atoms with Crippen LogP contribution >= 0.6 is 0 Å². The van der Waals surface area contributed by atoms with Crippen LogP contribution in [0.5, 0.6) is 11.5 Å². The molecule has 0 saturated heterocycles. The molecule has 0 aliphatic heterocycles. The van der Waals surface area contributed by atoms with E-state index in [9.17, 15) is 13.6 Å². The summed E-state index contributed by atoms with van der Waals surface area (Å²) in [5.41, 5.74) is 0.505. The van der Waals surface area contributed by atoms with E-state index in [1.807, 2.05) is 25.1 Å². The molecule has 0 fully saturated rings. The van der Waals surface area contributed by atoms with Crippen LogP contribution in [-0.2, 0) is 4.79 Å². The average Bonchev–Trinajstić information content (AvgIpc) is 2.60.